The number of hydrogen-bond acceptors (Lipinski definition) is 4. The zero-order valence-corrected chi connectivity index (χ0v) is 15.1. The number of nitrogens with zero attached hydrogens (tertiary/aromatic N) is 1. The SMILES string of the molecule is CCC(=O)Nc1nc(-c2ccc(CC[C@@H](C)NC(C)=O)cc2)cs1. The molecule has 0 bridgehead atoms. The van der Waals surface area contributed by atoms with Gasteiger partial charge < -0.3 is 10.6 Å². The van der Waals surface area contributed by atoms with Crippen LogP contribution in [0.5, 0.6) is 0 Å². The Labute approximate surface area is 146 Å². The van der Waals surface area contributed by atoms with Gasteiger partial charge in [-0.15, -0.1) is 11.3 Å². The molecule has 1 heterocycles. The number of carbonyl (C=O) groups is 2. The Hall–Kier alpha value is -2.21. The minimum atomic E-state index is -0.0282. The quantitative estimate of drug-likeness (QED) is 0.805. The van der Waals surface area contributed by atoms with Gasteiger partial charge in [-0.05, 0) is 25.3 Å². The second-order valence-electron chi connectivity index (χ2n) is 5.78. The van der Waals surface area contributed by atoms with Gasteiger partial charge >= 0.3 is 0 Å². The molecule has 1 aromatic heterocycles. The highest BCUT2D eigenvalue weighted by atomic mass is 32.1. The molecule has 0 spiro atoms. The molecular formula is C18H23N3O2S. The highest BCUT2D eigenvalue weighted by Crippen LogP contribution is 2.25. The summed E-state index contributed by atoms with van der Waals surface area (Å²) in [7, 11) is 0. The number of carbonyl (C=O) groups excluding carboxylic acids is 2. The van der Waals surface area contributed by atoms with Crippen LogP contribution in [0.25, 0.3) is 11.3 Å². The minimum absolute atomic E-state index is 0.00680. The van der Waals surface area contributed by atoms with Gasteiger partial charge in [0.25, 0.3) is 0 Å². The largest absolute Gasteiger partial charge is 0.354 e. The number of benzene rings is 1. The zero-order chi connectivity index (χ0) is 17.5. The lowest BCUT2D eigenvalue weighted by Gasteiger charge is -2.12. The van der Waals surface area contributed by atoms with Gasteiger partial charge in [0.05, 0.1) is 5.69 Å². The van der Waals surface area contributed by atoms with Crippen molar-refractivity contribution >= 4 is 28.3 Å². The smallest absolute Gasteiger partial charge is 0.225 e. The lowest BCUT2D eigenvalue weighted by molar-refractivity contribution is -0.119. The van der Waals surface area contributed by atoms with Crippen LogP contribution in [0, 0.1) is 0 Å². The first kappa shape index (κ1) is 18.1. The Bertz CT molecular complexity index is 695. The van der Waals surface area contributed by atoms with Crippen LogP contribution >= 0.6 is 11.3 Å². The fraction of sp³-hybridized carbons (Fsp3) is 0.389. The molecule has 0 aliphatic heterocycles. The summed E-state index contributed by atoms with van der Waals surface area (Å²) in [6, 6.07) is 8.42. The van der Waals surface area contributed by atoms with E-state index in [0.717, 1.165) is 24.1 Å². The van der Waals surface area contributed by atoms with Crippen LogP contribution < -0.4 is 10.6 Å². The van der Waals surface area contributed by atoms with E-state index in [2.05, 4.69) is 27.8 Å². The average molecular weight is 345 g/mol. The summed E-state index contributed by atoms with van der Waals surface area (Å²) in [5.41, 5.74) is 3.12. The van der Waals surface area contributed by atoms with Crippen molar-refractivity contribution in [2.45, 2.75) is 46.1 Å². The van der Waals surface area contributed by atoms with Crippen molar-refractivity contribution in [3.63, 3.8) is 0 Å². The first-order chi connectivity index (χ1) is 11.5. The van der Waals surface area contributed by atoms with Crippen molar-refractivity contribution in [1.82, 2.24) is 10.3 Å². The maximum atomic E-state index is 11.4. The summed E-state index contributed by atoms with van der Waals surface area (Å²) in [6.07, 6.45) is 2.26. The van der Waals surface area contributed by atoms with Crippen molar-refractivity contribution in [2.75, 3.05) is 5.32 Å². The van der Waals surface area contributed by atoms with Gasteiger partial charge in [0.1, 0.15) is 0 Å². The molecular weight excluding hydrogens is 322 g/mol. The summed E-state index contributed by atoms with van der Waals surface area (Å²) < 4.78 is 0. The van der Waals surface area contributed by atoms with Crippen LogP contribution in [0.15, 0.2) is 29.6 Å². The van der Waals surface area contributed by atoms with Crippen molar-refractivity contribution in [2.24, 2.45) is 0 Å². The summed E-state index contributed by atoms with van der Waals surface area (Å²) in [5, 5.41) is 8.24. The molecule has 2 rings (SSSR count). The first-order valence-corrected chi connectivity index (χ1v) is 8.97. The lowest BCUT2D eigenvalue weighted by atomic mass is 10.0. The van der Waals surface area contributed by atoms with Gasteiger partial charge in [-0.25, -0.2) is 4.98 Å². The third-order valence-electron chi connectivity index (χ3n) is 3.64. The molecule has 0 saturated heterocycles. The number of aromatic nitrogens is 1. The van der Waals surface area contributed by atoms with E-state index in [-0.39, 0.29) is 17.9 Å². The van der Waals surface area contributed by atoms with Gasteiger partial charge in [0, 0.05) is 30.3 Å². The third-order valence-corrected chi connectivity index (χ3v) is 4.39. The molecule has 0 aliphatic rings. The molecule has 24 heavy (non-hydrogen) atoms. The molecule has 2 aromatic rings. The molecule has 1 aromatic carbocycles. The molecule has 0 radical (unpaired) electrons. The Kier molecular flexibility index (Phi) is 6.49. The number of rotatable bonds is 7. The van der Waals surface area contributed by atoms with E-state index >= 15 is 0 Å². The third kappa shape index (κ3) is 5.45. The second kappa shape index (κ2) is 8.59. The molecule has 2 N–H and O–H groups in total. The number of nitrogens with one attached hydrogen (secondary N) is 2. The van der Waals surface area contributed by atoms with Gasteiger partial charge in [-0.3, -0.25) is 9.59 Å². The van der Waals surface area contributed by atoms with Gasteiger partial charge in [0.15, 0.2) is 5.13 Å². The molecule has 0 saturated carbocycles. The Balaban J connectivity index is 1.94. The molecule has 6 heteroatoms. The predicted octanol–water partition coefficient (Wildman–Crippen LogP) is 3.62. The molecule has 0 aliphatic carbocycles. The van der Waals surface area contributed by atoms with Crippen LogP contribution in [-0.2, 0) is 16.0 Å². The second-order valence-corrected chi connectivity index (χ2v) is 6.63. The standard InChI is InChI=1S/C18H23N3O2S/c1-4-17(23)21-18-20-16(11-24-18)15-9-7-14(8-10-15)6-5-12(2)19-13(3)22/h7-12H,4-6H2,1-3H3,(H,19,22)(H,20,21,23)/t12-/m1/s1. The Morgan fingerprint density at radius 1 is 1.25 bits per heavy atom. The van der Waals surface area contributed by atoms with Gasteiger partial charge in [0.2, 0.25) is 11.8 Å². The van der Waals surface area contributed by atoms with E-state index in [1.807, 2.05) is 31.4 Å². The van der Waals surface area contributed by atoms with Crippen molar-refractivity contribution < 1.29 is 9.59 Å². The monoisotopic (exact) mass is 345 g/mol. The Morgan fingerprint density at radius 3 is 2.58 bits per heavy atom. The van der Waals surface area contributed by atoms with E-state index in [1.54, 1.807) is 0 Å². The summed E-state index contributed by atoms with van der Waals surface area (Å²) in [5.74, 6) is -0.0214. The van der Waals surface area contributed by atoms with E-state index in [1.165, 1.54) is 23.8 Å². The summed E-state index contributed by atoms with van der Waals surface area (Å²) in [6.45, 7) is 5.36. The maximum absolute atomic E-state index is 11.4. The van der Waals surface area contributed by atoms with Crippen LogP contribution in [0.1, 0.15) is 39.2 Å². The highest BCUT2D eigenvalue weighted by molar-refractivity contribution is 7.14. The number of amides is 2. The number of hydrogen-bond donors (Lipinski definition) is 2. The number of thiazole rings is 1. The first-order valence-electron chi connectivity index (χ1n) is 8.09. The normalized spacial score (nSPS) is 11.8. The lowest BCUT2D eigenvalue weighted by Crippen LogP contribution is -2.30. The molecule has 0 unspecified atom stereocenters. The van der Waals surface area contributed by atoms with Crippen LogP contribution in [0.4, 0.5) is 5.13 Å². The summed E-state index contributed by atoms with van der Waals surface area (Å²) in [4.78, 5) is 26.9. The van der Waals surface area contributed by atoms with Crippen molar-refractivity contribution in [3.05, 3.63) is 35.2 Å². The van der Waals surface area contributed by atoms with E-state index in [9.17, 15) is 9.59 Å². The molecule has 5 nitrogen and oxygen atoms in total. The fourth-order valence-electron chi connectivity index (χ4n) is 2.32. The Morgan fingerprint density at radius 2 is 1.96 bits per heavy atom. The van der Waals surface area contributed by atoms with Crippen LogP contribution in [-0.4, -0.2) is 22.8 Å². The van der Waals surface area contributed by atoms with E-state index < -0.39 is 0 Å². The molecule has 1 atom stereocenters. The molecule has 128 valence electrons. The minimum Gasteiger partial charge on any atom is -0.354 e. The topological polar surface area (TPSA) is 71.1 Å². The predicted molar refractivity (Wildman–Crippen MR) is 98.1 cm³/mol. The fourth-order valence-corrected chi connectivity index (χ4v) is 3.05. The number of anilines is 1. The van der Waals surface area contributed by atoms with Crippen molar-refractivity contribution in [3.8, 4) is 11.3 Å². The van der Waals surface area contributed by atoms with Gasteiger partial charge in [-0.1, -0.05) is 31.2 Å². The maximum Gasteiger partial charge on any atom is 0.225 e. The van der Waals surface area contributed by atoms with E-state index in [0.29, 0.717) is 11.6 Å². The summed E-state index contributed by atoms with van der Waals surface area (Å²) >= 11 is 1.43. The highest BCUT2D eigenvalue weighted by Gasteiger charge is 2.08. The van der Waals surface area contributed by atoms with Crippen molar-refractivity contribution in [1.29, 1.82) is 0 Å². The molecule has 0 fully saturated rings. The van der Waals surface area contributed by atoms with Crippen LogP contribution in [0.2, 0.25) is 0 Å². The number of aryl methyl sites for hydroxylation is 1. The van der Waals surface area contributed by atoms with E-state index in [4.69, 9.17) is 0 Å². The van der Waals surface area contributed by atoms with Gasteiger partial charge in [-0.2, -0.15) is 0 Å². The van der Waals surface area contributed by atoms with Crippen LogP contribution in [0.3, 0.4) is 0 Å². The zero-order valence-electron chi connectivity index (χ0n) is 14.3. The molecule has 2 amide bonds. The average Bonchev–Trinajstić information content (AvgIpc) is 3.01.